The van der Waals surface area contributed by atoms with Crippen molar-refractivity contribution in [3.05, 3.63) is 12.7 Å². The molecule has 2 aliphatic heterocycles. The number of aliphatic hydroxyl groups excluding tert-OH is 2. The summed E-state index contributed by atoms with van der Waals surface area (Å²) in [5.41, 5.74) is 0. The number of nitrogens with one attached hydrogen (secondary N) is 1. The van der Waals surface area contributed by atoms with E-state index in [2.05, 4.69) is 11.9 Å². The van der Waals surface area contributed by atoms with Crippen LogP contribution in [0.3, 0.4) is 0 Å². The van der Waals surface area contributed by atoms with E-state index >= 15 is 0 Å². The molecule has 0 spiro atoms. The van der Waals surface area contributed by atoms with Crippen molar-refractivity contribution in [1.82, 2.24) is 10.2 Å². The zero-order valence-electron chi connectivity index (χ0n) is 10.9. The van der Waals surface area contributed by atoms with E-state index in [0.29, 0.717) is 0 Å². The van der Waals surface area contributed by atoms with E-state index in [9.17, 15) is 14.7 Å². The van der Waals surface area contributed by atoms with E-state index in [4.69, 9.17) is 14.6 Å². The maximum Gasteiger partial charge on any atom is 0.326 e. The highest BCUT2D eigenvalue weighted by Crippen LogP contribution is 2.27. The molecular weight excluding hydrogens is 268 g/mol. The molecule has 0 bridgehead atoms. The molecule has 2 heterocycles. The van der Waals surface area contributed by atoms with Crippen LogP contribution in [0.4, 0.5) is 4.79 Å². The first-order valence-corrected chi connectivity index (χ1v) is 6.35. The molecule has 2 rings (SSSR count). The lowest BCUT2D eigenvalue weighted by Crippen LogP contribution is -2.57. The van der Waals surface area contributed by atoms with Crippen LogP contribution in [0.1, 0.15) is 6.42 Å². The topological polar surface area (TPSA) is 108 Å². The lowest BCUT2D eigenvalue weighted by molar-refractivity contribution is -0.126. The second-order valence-corrected chi connectivity index (χ2v) is 4.62. The zero-order chi connectivity index (χ0) is 14.7. The number of carbonyl (C=O) groups excluding carboxylic acids is 2. The fraction of sp³-hybridized carbons (Fsp3) is 0.667. The Kier molecular flexibility index (Phi) is 4.71. The summed E-state index contributed by atoms with van der Waals surface area (Å²) >= 11 is 0. The molecule has 2 aliphatic rings. The molecule has 0 radical (unpaired) electrons. The van der Waals surface area contributed by atoms with Gasteiger partial charge in [-0.05, 0) is 0 Å². The van der Waals surface area contributed by atoms with Gasteiger partial charge in [0.25, 0.3) is 0 Å². The summed E-state index contributed by atoms with van der Waals surface area (Å²) in [6, 6.07) is -0.593. The van der Waals surface area contributed by atoms with Crippen LogP contribution in [0.2, 0.25) is 0 Å². The third-order valence-corrected chi connectivity index (χ3v) is 3.29. The van der Waals surface area contributed by atoms with Crippen LogP contribution in [-0.2, 0) is 14.3 Å². The normalized spacial score (nSPS) is 34.2. The lowest BCUT2D eigenvalue weighted by atomic mass is 10.1. The molecule has 8 heteroatoms. The van der Waals surface area contributed by atoms with Crippen molar-refractivity contribution in [3.63, 3.8) is 0 Å². The van der Waals surface area contributed by atoms with Gasteiger partial charge in [-0.2, -0.15) is 0 Å². The number of rotatable bonds is 5. The third-order valence-electron chi connectivity index (χ3n) is 3.29. The minimum Gasteiger partial charge on any atom is -0.394 e. The molecule has 0 aromatic carbocycles. The van der Waals surface area contributed by atoms with Gasteiger partial charge >= 0.3 is 6.03 Å². The number of hydrogen-bond acceptors (Lipinski definition) is 6. The number of hydrogen-bond donors (Lipinski definition) is 3. The summed E-state index contributed by atoms with van der Waals surface area (Å²) in [4.78, 5) is 24.2. The molecule has 0 aliphatic carbocycles. The molecule has 3 amide bonds. The van der Waals surface area contributed by atoms with Crippen LogP contribution in [-0.4, -0.2) is 71.3 Å². The number of aliphatic hydroxyl groups is 2. The number of amides is 3. The monoisotopic (exact) mass is 286 g/mol. The van der Waals surface area contributed by atoms with Crippen molar-refractivity contribution < 1.29 is 29.3 Å². The van der Waals surface area contributed by atoms with Crippen LogP contribution in [0.5, 0.6) is 0 Å². The second-order valence-electron chi connectivity index (χ2n) is 4.62. The Morgan fingerprint density at radius 1 is 1.55 bits per heavy atom. The summed E-state index contributed by atoms with van der Waals surface area (Å²) < 4.78 is 10.9. The maximum atomic E-state index is 11.8. The van der Waals surface area contributed by atoms with E-state index in [0.717, 1.165) is 0 Å². The van der Waals surface area contributed by atoms with Crippen LogP contribution in [0.25, 0.3) is 0 Å². The first-order valence-electron chi connectivity index (χ1n) is 6.35. The second kappa shape index (κ2) is 6.31. The standard InChI is InChI=1S/C12H18N2O6/c1-2-5-19-10-9(17)7(6-15)20-11(10)14-4-3-8(16)13-12(14)18/h2,7,9-11,15,17H,1,3-6H2,(H,13,16,18)/t7-,9-,10-,11-/m1/s1. The Morgan fingerprint density at radius 2 is 2.30 bits per heavy atom. The highest BCUT2D eigenvalue weighted by atomic mass is 16.6. The van der Waals surface area contributed by atoms with Gasteiger partial charge in [0.2, 0.25) is 5.91 Å². The quantitative estimate of drug-likeness (QED) is 0.535. The number of ether oxygens (including phenoxy) is 2. The van der Waals surface area contributed by atoms with Gasteiger partial charge in [-0.15, -0.1) is 6.58 Å². The molecule has 8 nitrogen and oxygen atoms in total. The molecule has 2 fully saturated rings. The van der Waals surface area contributed by atoms with E-state index < -0.39 is 30.6 Å². The van der Waals surface area contributed by atoms with Gasteiger partial charge in [-0.3, -0.25) is 15.0 Å². The highest BCUT2D eigenvalue weighted by molar-refractivity contribution is 5.96. The molecule has 0 aromatic heterocycles. The maximum absolute atomic E-state index is 11.8. The third kappa shape index (κ3) is 2.83. The van der Waals surface area contributed by atoms with Crippen LogP contribution in [0, 0.1) is 0 Å². The van der Waals surface area contributed by atoms with Gasteiger partial charge in [0.05, 0.1) is 13.2 Å². The van der Waals surface area contributed by atoms with Crippen molar-refractivity contribution in [3.8, 4) is 0 Å². The van der Waals surface area contributed by atoms with Crippen LogP contribution in [0.15, 0.2) is 12.7 Å². The first kappa shape index (κ1) is 14.9. The Bertz CT molecular complexity index is 401. The molecule has 0 saturated carbocycles. The van der Waals surface area contributed by atoms with Gasteiger partial charge in [0.1, 0.15) is 18.3 Å². The Morgan fingerprint density at radius 3 is 2.90 bits per heavy atom. The number of urea groups is 1. The molecular formula is C12H18N2O6. The number of carbonyl (C=O) groups is 2. The Balaban J connectivity index is 2.12. The van der Waals surface area contributed by atoms with Crippen molar-refractivity contribution in [1.29, 1.82) is 0 Å². The molecule has 3 N–H and O–H groups in total. The molecule has 4 atom stereocenters. The van der Waals surface area contributed by atoms with Gasteiger partial charge in [0.15, 0.2) is 6.23 Å². The summed E-state index contributed by atoms with van der Waals surface area (Å²) in [7, 11) is 0. The molecule has 20 heavy (non-hydrogen) atoms. The summed E-state index contributed by atoms with van der Waals surface area (Å²) in [5, 5.41) is 21.4. The Labute approximate surface area is 116 Å². The van der Waals surface area contributed by atoms with Crippen LogP contribution >= 0.6 is 0 Å². The van der Waals surface area contributed by atoms with E-state index in [1.807, 2.05) is 0 Å². The predicted octanol–water partition coefficient (Wildman–Crippen LogP) is -1.42. The molecule has 2 saturated heterocycles. The van der Waals surface area contributed by atoms with E-state index in [-0.39, 0.29) is 32.1 Å². The summed E-state index contributed by atoms with van der Waals surface area (Å²) in [6.45, 7) is 3.47. The molecule has 112 valence electrons. The van der Waals surface area contributed by atoms with Gasteiger partial charge in [-0.25, -0.2) is 4.79 Å². The average Bonchev–Trinajstić information content (AvgIpc) is 2.73. The van der Waals surface area contributed by atoms with Gasteiger partial charge in [-0.1, -0.05) is 6.08 Å². The van der Waals surface area contributed by atoms with Crippen LogP contribution < -0.4 is 5.32 Å². The van der Waals surface area contributed by atoms with Crippen molar-refractivity contribution in [2.45, 2.75) is 31.0 Å². The van der Waals surface area contributed by atoms with Crippen molar-refractivity contribution >= 4 is 11.9 Å². The summed E-state index contributed by atoms with van der Waals surface area (Å²) in [6.07, 6.45) is -1.88. The first-order chi connectivity index (χ1) is 9.58. The van der Waals surface area contributed by atoms with Crippen molar-refractivity contribution in [2.24, 2.45) is 0 Å². The lowest BCUT2D eigenvalue weighted by Gasteiger charge is -2.34. The minimum atomic E-state index is -1.06. The van der Waals surface area contributed by atoms with Gasteiger partial charge in [0, 0.05) is 13.0 Å². The van der Waals surface area contributed by atoms with E-state index in [1.165, 1.54) is 11.0 Å². The Hall–Kier alpha value is -1.48. The fourth-order valence-corrected chi connectivity index (χ4v) is 2.30. The highest BCUT2D eigenvalue weighted by Gasteiger charge is 2.49. The minimum absolute atomic E-state index is 0.152. The van der Waals surface area contributed by atoms with E-state index in [1.54, 1.807) is 0 Å². The molecule has 0 unspecified atom stereocenters. The number of nitrogens with zero attached hydrogens (tertiary/aromatic N) is 1. The average molecular weight is 286 g/mol. The smallest absolute Gasteiger partial charge is 0.326 e. The summed E-state index contributed by atoms with van der Waals surface area (Å²) in [5.74, 6) is -0.355. The zero-order valence-corrected chi connectivity index (χ0v) is 10.9. The van der Waals surface area contributed by atoms with Crippen molar-refractivity contribution in [2.75, 3.05) is 19.8 Å². The SMILES string of the molecule is C=CCO[C@@H]1[C@H](O)[C@@H](CO)O[C@H]1N1CCC(=O)NC1=O. The molecule has 0 aromatic rings. The largest absolute Gasteiger partial charge is 0.394 e. The number of imide groups is 1. The van der Waals surface area contributed by atoms with Gasteiger partial charge < -0.3 is 19.7 Å². The fourth-order valence-electron chi connectivity index (χ4n) is 2.30. The predicted molar refractivity (Wildman–Crippen MR) is 66.6 cm³/mol.